The highest BCUT2D eigenvalue weighted by atomic mass is 32.2. The fourth-order valence-corrected chi connectivity index (χ4v) is 6.86. The Morgan fingerprint density at radius 1 is 1.25 bits per heavy atom. The van der Waals surface area contributed by atoms with Crippen LogP contribution in [-0.2, 0) is 14.6 Å². The first-order chi connectivity index (χ1) is 13.3. The molecule has 0 radical (unpaired) electrons. The van der Waals surface area contributed by atoms with Gasteiger partial charge in [0, 0.05) is 5.39 Å². The van der Waals surface area contributed by atoms with Crippen molar-refractivity contribution in [2.24, 2.45) is 0 Å². The van der Waals surface area contributed by atoms with Gasteiger partial charge < -0.3 is 5.32 Å². The van der Waals surface area contributed by atoms with Crippen LogP contribution in [-0.4, -0.2) is 47.1 Å². The van der Waals surface area contributed by atoms with Crippen molar-refractivity contribution in [1.29, 1.82) is 0 Å². The van der Waals surface area contributed by atoms with E-state index in [2.05, 4.69) is 15.3 Å². The van der Waals surface area contributed by atoms with E-state index in [4.69, 9.17) is 0 Å². The molecular weight excluding hydrogens is 414 g/mol. The molecule has 0 bridgehead atoms. The van der Waals surface area contributed by atoms with E-state index >= 15 is 0 Å². The maximum absolute atomic E-state index is 12.5. The Morgan fingerprint density at radius 2 is 2.07 bits per heavy atom. The van der Waals surface area contributed by atoms with Gasteiger partial charge in [-0.3, -0.25) is 4.79 Å². The molecule has 1 aliphatic heterocycles. The van der Waals surface area contributed by atoms with E-state index in [1.165, 1.54) is 11.8 Å². The summed E-state index contributed by atoms with van der Waals surface area (Å²) in [4.78, 5) is 22.8. The number of para-hydroxylation sites is 1. The zero-order chi connectivity index (χ0) is 19.8. The summed E-state index contributed by atoms with van der Waals surface area (Å²) in [5.41, 5.74) is 0.143. The number of carbonyl (C=O) groups is 1. The van der Waals surface area contributed by atoms with Gasteiger partial charge in [0.2, 0.25) is 5.91 Å². The van der Waals surface area contributed by atoms with Gasteiger partial charge in [-0.1, -0.05) is 36.0 Å². The minimum absolute atomic E-state index is 0.00459. The number of hydrogen-bond acceptors (Lipinski definition) is 7. The van der Waals surface area contributed by atoms with Crippen LogP contribution in [0.25, 0.3) is 21.6 Å². The van der Waals surface area contributed by atoms with E-state index < -0.39 is 15.4 Å². The number of benzene rings is 1. The van der Waals surface area contributed by atoms with Crippen molar-refractivity contribution in [2.75, 3.05) is 17.3 Å². The first kappa shape index (κ1) is 19.4. The van der Waals surface area contributed by atoms with E-state index in [-0.39, 0.29) is 23.2 Å². The van der Waals surface area contributed by atoms with Gasteiger partial charge in [-0.05, 0) is 30.9 Å². The lowest BCUT2D eigenvalue weighted by Crippen LogP contribution is -2.47. The molecule has 3 aromatic rings. The fraction of sp³-hybridized carbons (Fsp3) is 0.316. The van der Waals surface area contributed by atoms with Crippen LogP contribution in [0.4, 0.5) is 0 Å². The molecule has 1 aliphatic rings. The average Bonchev–Trinajstić information content (AvgIpc) is 3.27. The number of aromatic nitrogens is 2. The lowest BCUT2D eigenvalue weighted by atomic mass is 10.0. The molecule has 0 saturated carbocycles. The van der Waals surface area contributed by atoms with Crippen molar-refractivity contribution in [2.45, 2.75) is 23.9 Å². The fourth-order valence-electron chi connectivity index (χ4n) is 3.29. The quantitative estimate of drug-likeness (QED) is 0.491. The molecule has 1 saturated heterocycles. The van der Waals surface area contributed by atoms with E-state index in [1.54, 1.807) is 18.3 Å². The second kappa shape index (κ2) is 7.46. The van der Waals surface area contributed by atoms with Crippen molar-refractivity contribution in [3.8, 4) is 10.7 Å². The summed E-state index contributed by atoms with van der Waals surface area (Å²) < 4.78 is 23.5. The first-order valence-corrected chi connectivity index (χ1v) is 12.5. The number of thioether (sulfide) groups is 1. The predicted molar refractivity (Wildman–Crippen MR) is 113 cm³/mol. The molecule has 9 heteroatoms. The van der Waals surface area contributed by atoms with Gasteiger partial charge in [0.05, 0.1) is 33.2 Å². The maximum Gasteiger partial charge on any atom is 0.230 e. The van der Waals surface area contributed by atoms with Crippen LogP contribution in [0.5, 0.6) is 0 Å². The molecule has 4 rings (SSSR count). The third-order valence-corrected chi connectivity index (χ3v) is 8.35. The van der Waals surface area contributed by atoms with Crippen LogP contribution in [0, 0.1) is 0 Å². The van der Waals surface area contributed by atoms with E-state index in [1.807, 2.05) is 41.8 Å². The van der Waals surface area contributed by atoms with E-state index in [0.717, 1.165) is 20.8 Å². The summed E-state index contributed by atoms with van der Waals surface area (Å²) in [5.74, 6) is 0.739. The average molecular weight is 434 g/mol. The number of sulfone groups is 1. The normalized spacial score (nSPS) is 21.0. The van der Waals surface area contributed by atoms with Gasteiger partial charge in [0.1, 0.15) is 5.03 Å². The monoisotopic (exact) mass is 433 g/mol. The molecule has 28 heavy (non-hydrogen) atoms. The predicted octanol–water partition coefficient (Wildman–Crippen LogP) is 3.14. The van der Waals surface area contributed by atoms with Crippen molar-refractivity contribution >= 4 is 49.7 Å². The molecule has 0 aliphatic carbocycles. The highest BCUT2D eigenvalue weighted by Crippen LogP contribution is 2.30. The molecule has 1 aromatic carbocycles. The third-order valence-electron chi connectivity index (χ3n) is 4.59. The van der Waals surface area contributed by atoms with Crippen LogP contribution in [0.3, 0.4) is 0 Å². The number of nitrogens with zero attached hydrogens (tertiary/aromatic N) is 2. The number of carbonyl (C=O) groups excluding carboxylic acids is 1. The number of nitrogens with one attached hydrogen (secondary N) is 1. The molecule has 6 nitrogen and oxygen atoms in total. The molecule has 146 valence electrons. The topological polar surface area (TPSA) is 89.0 Å². The third kappa shape index (κ3) is 4.21. The molecular formula is C19H19N3O3S3. The summed E-state index contributed by atoms with van der Waals surface area (Å²) in [6.07, 6.45) is 0.449. The minimum atomic E-state index is -3.07. The molecule has 0 spiro atoms. The Morgan fingerprint density at radius 3 is 2.79 bits per heavy atom. The minimum Gasteiger partial charge on any atom is -0.349 e. The van der Waals surface area contributed by atoms with Gasteiger partial charge in [0.25, 0.3) is 0 Å². The molecule has 1 N–H and O–H groups in total. The number of fused-ring (bicyclic) bond motifs is 1. The smallest absolute Gasteiger partial charge is 0.230 e. The Bertz CT molecular complexity index is 1130. The van der Waals surface area contributed by atoms with Gasteiger partial charge in [-0.2, -0.15) is 0 Å². The second-order valence-corrected chi connectivity index (χ2v) is 11.2. The molecule has 1 atom stereocenters. The SMILES string of the molecule is C[C@]1(NC(=O)CSc2nc(-c3cccs3)nc3ccccc23)CCS(=O)(=O)C1. The van der Waals surface area contributed by atoms with Gasteiger partial charge in [0.15, 0.2) is 15.7 Å². The number of thiophene rings is 1. The van der Waals surface area contributed by atoms with Crippen LogP contribution in [0.1, 0.15) is 13.3 Å². The lowest BCUT2D eigenvalue weighted by molar-refractivity contribution is -0.120. The van der Waals surface area contributed by atoms with Crippen molar-refractivity contribution < 1.29 is 13.2 Å². The maximum atomic E-state index is 12.5. The van der Waals surface area contributed by atoms with Gasteiger partial charge >= 0.3 is 0 Å². The van der Waals surface area contributed by atoms with Crippen molar-refractivity contribution in [3.63, 3.8) is 0 Å². The largest absolute Gasteiger partial charge is 0.349 e. The lowest BCUT2D eigenvalue weighted by Gasteiger charge is -2.23. The van der Waals surface area contributed by atoms with Crippen molar-refractivity contribution in [1.82, 2.24) is 15.3 Å². The van der Waals surface area contributed by atoms with Crippen LogP contribution in [0.15, 0.2) is 46.8 Å². The van der Waals surface area contributed by atoms with Crippen LogP contribution >= 0.6 is 23.1 Å². The molecule has 3 heterocycles. The first-order valence-electron chi connectivity index (χ1n) is 8.79. The zero-order valence-electron chi connectivity index (χ0n) is 15.2. The molecule has 1 amide bonds. The Labute approximate surface area is 171 Å². The van der Waals surface area contributed by atoms with Gasteiger partial charge in [-0.15, -0.1) is 11.3 Å². The van der Waals surface area contributed by atoms with Crippen molar-refractivity contribution in [3.05, 3.63) is 41.8 Å². The summed E-state index contributed by atoms with van der Waals surface area (Å²) in [5, 5.41) is 6.51. The van der Waals surface area contributed by atoms with E-state index in [0.29, 0.717) is 12.2 Å². The van der Waals surface area contributed by atoms with Crippen LogP contribution < -0.4 is 5.32 Å². The summed E-state index contributed by atoms with van der Waals surface area (Å²) in [6.45, 7) is 1.79. The summed E-state index contributed by atoms with van der Waals surface area (Å²) in [6, 6.07) is 11.6. The standard InChI is InChI=1S/C19H19N3O3S3/c1-19(8-10-28(24,25)12-19)22-16(23)11-27-18-13-5-2-3-6-14(13)20-17(21-18)15-7-4-9-26-15/h2-7,9H,8,10-12H2,1H3,(H,22,23)/t19-/m0/s1. The molecule has 1 fully saturated rings. The molecule has 2 aromatic heterocycles. The van der Waals surface area contributed by atoms with E-state index in [9.17, 15) is 13.2 Å². The number of amides is 1. The highest BCUT2D eigenvalue weighted by molar-refractivity contribution is 8.00. The second-order valence-electron chi connectivity index (χ2n) is 7.09. The summed E-state index contributed by atoms with van der Waals surface area (Å²) in [7, 11) is -3.07. The van der Waals surface area contributed by atoms with Crippen LogP contribution in [0.2, 0.25) is 0 Å². The number of hydrogen-bond donors (Lipinski definition) is 1. The highest BCUT2D eigenvalue weighted by Gasteiger charge is 2.39. The Kier molecular flexibility index (Phi) is 5.15. The molecule has 0 unspecified atom stereocenters. The number of rotatable bonds is 5. The van der Waals surface area contributed by atoms with Gasteiger partial charge in [-0.25, -0.2) is 18.4 Å². The Balaban J connectivity index is 1.54. The Hall–Kier alpha value is -1.97. The summed E-state index contributed by atoms with van der Waals surface area (Å²) >= 11 is 2.91. The zero-order valence-corrected chi connectivity index (χ0v) is 17.7.